The van der Waals surface area contributed by atoms with Gasteiger partial charge >= 0.3 is 5.97 Å². The van der Waals surface area contributed by atoms with Gasteiger partial charge in [0.25, 0.3) is 0 Å². The lowest BCUT2D eigenvalue weighted by molar-refractivity contribution is -0.142. The first kappa shape index (κ1) is 14.7. The van der Waals surface area contributed by atoms with Crippen LogP contribution in [0.2, 0.25) is 0 Å². The van der Waals surface area contributed by atoms with Crippen LogP contribution >= 0.6 is 0 Å². The summed E-state index contributed by atoms with van der Waals surface area (Å²) in [5.74, 6) is -1.65. The second kappa shape index (κ2) is 7.15. The lowest BCUT2D eigenvalue weighted by Crippen LogP contribution is -2.49. The zero-order chi connectivity index (χ0) is 14.3. The van der Waals surface area contributed by atoms with Gasteiger partial charge in [0, 0.05) is 6.42 Å². The maximum absolute atomic E-state index is 11.6. The Morgan fingerprint density at radius 3 is 2.47 bits per heavy atom. The van der Waals surface area contributed by atoms with Crippen LogP contribution in [0.1, 0.15) is 12.5 Å². The normalized spacial score (nSPS) is 13.1. The number of hydrogen-bond acceptors (Lipinski definition) is 3. The van der Waals surface area contributed by atoms with Gasteiger partial charge in [-0.05, 0) is 12.5 Å². The Balaban J connectivity index is 2.66. The molecule has 0 aliphatic carbocycles. The Bertz CT molecular complexity index is 447. The van der Waals surface area contributed by atoms with Crippen molar-refractivity contribution < 1.29 is 19.5 Å². The summed E-state index contributed by atoms with van der Waals surface area (Å²) in [5, 5.41) is 13.7. The molecule has 0 fully saturated rings. The van der Waals surface area contributed by atoms with Crippen molar-refractivity contribution in [1.82, 2.24) is 10.6 Å². The Morgan fingerprint density at radius 2 is 1.95 bits per heavy atom. The third-order valence-corrected chi connectivity index (χ3v) is 2.61. The van der Waals surface area contributed by atoms with Crippen LogP contribution in [0.3, 0.4) is 0 Å². The Hall–Kier alpha value is -2.37. The van der Waals surface area contributed by atoms with Crippen LogP contribution in [-0.4, -0.2) is 35.5 Å². The molecule has 2 amide bonds. The molecule has 0 spiro atoms. The van der Waals surface area contributed by atoms with Crippen molar-refractivity contribution in [3.05, 3.63) is 35.9 Å². The molecule has 2 atom stereocenters. The Kier molecular flexibility index (Phi) is 5.53. The number of benzene rings is 1. The fourth-order valence-corrected chi connectivity index (χ4v) is 1.52. The van der Waals surface area contributed by atoms with E-state index in [4.69, 9.17) is 5.11 Å². The summed E-state index contributed by atoms with van der Waals surface area (Å²) < 4.78 is 0. The molecule has 6 heteroatoms. The summed E-state index contributed by atoms with van der Waals surface area (Å²) in [4.78, 5) is 33.0. The highest BCUT2D eigenvalue weighted by atomic mass is 16.4. The molecule has 3 N–H and O–H groups in total. The van der Waals surface area contributed by atoms with Gasteiger partial charge < -0.3 is 15.7 Å². The third kappa shape index (κ3) is 4.79. The van der Waals surface area contributed by atoms with Crippen LogP contribution in [-0.2, 0) is 20.8 Å². The number of hydrogen-bond donors (Lipinski definition) is 3. The predicted octanol–water partition coefficient (Wildman–Crippen LogP) is -0.0670. The molecule has 102 valence electrons. The van der Waals surface area contributed by atoms with Gasteiger partial charge in [-0.25, -0.2) is 4.79 Å². The van der Waals surface area contributed by atoms with Crippen molar-refractivity contribution in [2.75, 3.05) is 0 Å². The minimum atomic E-state index is -1.12. The molecule has 0 saturated heterocycles. The van der Waals surface area contributed by atoms with Crippen molar-refractivity contribution in [3.8, 4) is 0 Å². The summed E-state index contributed by atoms with van der Waals surface area (Å²) >= 11 is 0. The second-order valence-corrected chi connectivity index (χ2v) is 4.10. The van der Waals surface area contributed by atoms with Crippen LogP contribution in [0.4, 0.5) is 0 Å². The van der Waals surface area contributed by atoms with E-state index >= 15 is 0 Å². The molecule has 1 aromatic carbocycles. The van der Waals surface area contributed by atoms with E-state index in [-0.39, 0.29) is 6.42 Å². The summed E-state index contributed by atoms with van der Waals surface area (Å²) in [6.07, 6.45) is 0.590. The maximum Gasteiger partial charge on any atom is 0.326 e. The van der Waals surface area contributed by atoms with Gasteiger partial charge in [0.2, 0.25) is 12.3 Å². The molecule has 0 radical (unpaired) electrons. The van der Waals surface area contributed by atoms with Crippen LogP contribution in [0.25, 0.3) is 0 Å². The van der Waals surface area contributed by atoms with Gasteiger partial charge in [0.05, 0.1) is 0 Å². The van der Waals surface area contributed by atoms with Crippen LogP contribution in [0, 0.1) is 0 Å². The number of rotatable bonds is 7. The summed E-state index contributed by atoms with van der Waals surface area (Å²) in [6.45, 7) is 1.48. The summed E-state index contributed by atoms with van der Waals surface area (Å²) in [6, 6.07) is 7.21. The number of aliphatic carboxylic acids is 1. The van der Waals surface area contributed by atoms with E-state index < -0.39 is 24.0 Å². The van der Waals surface area contributed by atoms with Crippen LogP contribution < -0.4 is 10.6 Å². The fourth-order valence-electron chi connectivity index (χ4n) is 1.52. The first-order chi connectivity index (χ1) is 9.04. The number of carbonyl (C=O) groups excluding carboxylic acids is 2. The first-order valence-electron chi connectivity index (χ1n) is 5.81. The molecule has 0 aliphatic rings. The highest BCUT2D eigenvalue weighted by Gasteiger charge is 2.22. The van der Waals surface area contributed by atoms with E-state index in [1.165, 1.54) is 6.92 Å². The fraction of sp³-hybridized carbons (Fsp3) is 0.308. The standard InChI is InChI=1S/C13H16N2O4/c1-9(14-8-16)12(17)15-11(13(18)19)7-10-5-3-2-4-6-10/h2-6,8-9,11H,7H2,1H3,(H,14,16)(H,15,17)(H,18,19). The smallest absolute Gasteiger partial charge is 0.326 e. The molecule has 2 unspecified atom stereocenters. The molecular formula is C13H16N2O4. The molecule has 0 aromatic heterocycles. The van der Waals surface area contributed by atoms with Crippen LogP contribution in [0.15, 0.2) is 30.3 Å². The average Bonchev–Trinajstić information content (AvgIpc) is 2.39. The van der Waals surface area contributed by atoms with Crippen molar-refractivity contribution >= 4 is 18.3 Å². The maximum atomic E-state index is 11.6. The molecule has 19 heavy (non-hydrogen) atoms. The van der Waals surface area contributed by atoms with Crippen molar-refractivity contribution in [2.24, 2.45) is 0 Å². The minimum Gasteiger partial charge on any atom is -0.480 e. The Morgan fingerprint density at radius 1 is 1.32 bits per heavy atom. The zero-order valence-corrected chi connectivity index (χ0v) is 10.5. The SMILES string of the molecule is CC(NC=O)C(=O)NC(Cc1ccccc1)C(=O)O. The van der Waals surface area contributed by atoms with E-state index in [1.54, 1.807) is 24.3 Å². The van der Waals surface area contributed by atoms with E-state index in [1.807, 2.05) is 6.07 Å². The Labute approximate surface area is 110 Å². The zero-order valence-electron chi connectivity index (χ0n) is 10.5. The van der Waals surface area contributed by atoms with Gasteiger partial charge in [-0.1, -0.05) is 30.3 Å². The first-order valence-corrected chi connectivity index (χ1v) is 5.81. The van der Waals surface area contributed by atoms with E-state index in [0.717, 1.165) is 5.56 Å². The lowest BCUT2D eigenvalue weighted by atomic mass is 10.1. The van der Waals surface area contributed by atoms with Gasteiger partial charge in [-0.15, -0.1) is 0 Å². The summed E-state index contributed by atoms with van der Waals surface area (Å²) in [5.41, 5.74) is 0.811. The number of nitrogens with one attached hydrogen (secondary N) is 2. The van der Waals surface area contributed by atoms with E-state index in [2.05, 4.69) is 10.6 Å². The highest BCUT2D eigenvalue weighted by Crippen LogP contribution is 2.03. The second-order valence-electron chi connectivity index (χ2n) is 4.10. The van der Waals surface area contributed by atoms with Crippen molar-refractivity contribution in [3.63, 3.8) is 0 Å². The molecule has 1 aromatic rings. The van der Waals surface area contributed by atoms with Gasteiger partial charge in [-0.2, -0.15) is 0 Å². The van der Waals surface area contributed by atoms with Crippen molar-refractivity contribution in [1.29, 1.82) is 0 Å². The highest BCUT2D eigenvalue weighted by molar-refractivity contribution is 5.87. The van der Waals surface area contributed by atoms with Gasteiger partial charge in [-0.3, -0.25) is 9.59 Å². The minimum absolute atomic E-state index is 0.190. The van der Waals surface area contributed by atoms with E-state index in [9.17, 15) is 14.4 Å². The molecule has 0 saturated carbocycles. The lowest BCUT2D eigenvalue weighted by Gasteiger charge is -2.17. The third-order valence-electron chi connectivity index (χ3n) is 2.61. The molecule has 0 aliphatic heterocycles. The topological polar surface area (TPSA) is 95.5 Å². The number of amides is 2. The van der Waals surface area contributed by atoms with Gasteiger partial charge in [0.15, 0.2) is 0 Å². The number of carboxylic acids is 1. The largest absolute Gasteiger partial charge is 0.480 e. The number of carbonyl (C=O) groups is 3. The van der Waals surface area contributed by atoms with Crippen molar-refractivity contribution in [2.45, 2.75) is 25.4 Å². The average molecular weight is 264 g/mol. The molecule has 6 nitrogen and oxygen atoms in total. The number of carboxylic acid groups (broad SMARTS) is 1. The molecular weight excluding hydrogens is 248 g/mol. The van der Waals surface area contributed by atoms with Crippen LogP contribution in [0.5, 0.6) is 0 Å². The quantitative estimate of drug-likeness (QED) is 0.601. The monoisotopic (exact) mass is 264 g/mol. The van der Waals surface area contributed by atoms with Gasteiger partial charge in [0.1, 0.15) is 12.1 Å². The molecule has 1 rings (SSSR count). The summed E-state index contributed by atoms with van der Waals surface area (Å²) in [7, 11) is 0. The molecule has 0 bridgehead atoms. The predicted molar refractivity (Wildman–Crippen MR) is 68.4 cm³/mol. The van der Waals surface area contributed by atoms with E-state index in [0.29, 0.717) is 6.41 Å². The molecule has 0 heterocycles.